The molecule has 1 aliphatic rings. The molecule has 1 saturated heterocycles. The predicted molar refractivity (Wildman–Crippen MR) is 121 cm³/mol. The lowest BCUT2D eigenvalue weighted by Crippen LogP contribution is -2.32. The third-order valence-electron chi connectivity index (χ3n) is 5.18. The molecule has 2 amide bonds. The van der Waals surface area contributed by atoms with E-state index in [0.29, 0.717) is 30.3 Å². The van der Waals surface area contributed by atoms with E-state index in [0.717, 1.165) is 16.3 Å². The van der Waals surface area contributed by atoms with Gasteiger partial charge in [-0.2, -0.15) is 0 Å². The lowest BCUT2D eigenvalue weighted by Gasteiger charge is -2.16. The molecule has 0 aliphatic carbocycles. The van der Waals surface area contributed by atoms with Crippen LogP contribution in [0.4, 0.5) is 10.8 Å². The zero-order chi connectivity index (χ0) is 21.8. The number of para-hydroxylation sites is 1. The second kappa shape index (κ2) is 9.26. The van der Waals surface area contributed by atoms with Gasteiger partial charge in [0.1, 0.15) is 10.8 Å². The van der Waals surface area contributed by atoms with E-state index < -0.39 is 6.10 Å². The quantitative estimate of drug-likeness (QED) is 0.601. The van der Waals surface area contributed by atoms with E-state index in [1.54, 1.807) is 4.90 Å². The van der Waals surface area contributed by atoms with Crippen molar-refractivity contribution in [2.45, 2.75) is 38.7 Å². The molecule has 1 N–H and O–H groups in total. The van der Waals surface area contributed by atoms with Crippen molar-refractivity contribution in [3.8, 4) is 5.75 Å². The fourth-order valence-corrected chi connectivity index (χ4v) is 4.31. The zero-order valence-electron chi connectivity index (χ0n) is 17.4. The molecular formula is C23H24N4O3S. The van der Waals surface area contributed by atoms with Crippen LogP contribution in [0.15, 0.2) is 54.6 Å². The van der Waals surface area contributed by atoms with Crippen LogP contribution in [0.2, 0.25) is 0 Å². The average molecular weight is 437 g/mol. The molecule has 0 radical (unpaired) electrons. The van der Waals surface area contributed by atoms with Crippen molar-refractivity contribution < 1.29 is 14.3 Å². The first-order valence-corrected chi connectivity index (χ1v) is 11.1. The summed E-state index contributed by atoms with van der Waals surface area (Å²) in [7, 11) is 0. The Morgan fingerprint density at radius 2 is 1.94 bits per heavy atom. The Balaban J connectivity index is 1.39. The van der Waals surface area contributed by atoms with E-state index in [1.807, 2.05) is 68.4 Å². The highest BCUT2D eigenvalue weighted by atomic mass is 32.1. The lowest BCUT2D eigenvalue weighted by atomic mass is 10.1. The average Bonchev–Trinajstić information content (AvgIpc) is 3.40. The lowest BCUT2D eigenvalue weighted by molar-refractivity contribution is -0.122. The summed E-state index contributed by atoms with van der Waals surface area (Å²) in [4.78, 5) is 26.9. The van der Waals surface area contributed by atoms with Crippen molar-refractivity contribution in [3.63, 3.8) is 0 Å². The van der Waals surface area contributed by atoms with Crippen LogP contribution in [0.25, 0.3) is 0 Å². The third kappa shape index (κ3) is 4.91. The molecule has 31 heavy (non-hydrogen) atoms. The SMILES string of the molecule is CCC(Oc1ccccc1)C(=O)Nc1nnc(C2CC(=O)N(c3ccc(C)cc3)C2)s1. The van der Waals surface area contributed by atoms with E-state index in [4.69, 9.17) is 4.74 Å². The number of hydrogen-bond acceptors (Lipinski definition) is 6. The molecule has 1 fully saturated rings. The van der Waals surface area contributed by atoms with Crippen LogP contribution >= 0.6 is 11.3 Å². The Hall–Kier alpha value is -3.26. The van der Waals surface area contributed by atoms with Crippen molar-refractivity contribution in [3.05, 3.63) is 65.2 Å². The minimum absolute atomic E-state index is 0.0421. The van der Waals surface area contributed by atoms with Crippen LogP contribution in [0.5, 0.6) is 5.75 Å². The number of rotatable bonds is 7. The molecule has 2 aromatic carbocycles. The summed E-state index contributed by atoms with van der Waals surface area (Å²) in [5.41, 5.74) is 2.04. The normalized spacial score (nSPS) is 16.9. The predicted octanol–water partition coefficient (Wildman–Crippen LogP) is 4.16. The summed E-state index contributed by atoms with van der Waals surface area (Å²) in [5, 5.41) is 12.3. The number of carbonyl (C=O) groups excluding carboxylic acids is 2. The van der Waals surface area contributed by atoms with E-state index >= 15 is 0 Å². The molecule has 4 rings (SSSR count). The first kappa shape index (κ1) is 21.0. The van der Waals surface area contributed by atoms with Crippen molar-refractivity contribution in [1.82, 2.24) is 10.2 Å². The Bertz CT molecular complexity index is 1050. The number of carbonyl (C=O) groups is 2. The van der Waals surface area contributed by atoms with Gasteiger partial charge < -0.3 is 9.64 Å². The van der Waals surface area contributed by atoms with E-state index in [2.05, 4.69) is 15.5 Å². The molecule has 7 nitrogen and oxygen atoms in total. The summed E-state index contributed by atoms with van der Waals surface area (Å²) in [6.45, 7) is 4.46. The molecule has 2 atom stereocenters. The van der Waals surface area contributed by atoms with Crippen LogP contribution in [-0.2, 0) is 9.59 Å². The second-order valence-electron chi connectivity index (χ2n) is 7.50. The zero-order valence-corrected chi connectivity index (χ0v) is 18.3. The van der Waals surface area contributed by atoms with Gasteiger partial charge in [0.15, 0.2) is 6.10 Å². The van der Waals surface area contributed by atoms with Crippen molar-refractivity contribution in [2.75, 3.05) is 16.8 Å². The fourth-order valence-electron chi connectivity index (χ4n) is 3.47. The standard InChI is InChI=1S/C23H24N4O3S/c1-3-19(30-18-7-5-4-6-8-18)21(29)24-23-26-25-22(31-23)16-13-20(28)27(14-16)17-11-9-15(2)10-12-17/h4-12,16,19H,3,13-14H2,1-2H3,(H,24,26,29). The first-order valence-electron chi connectivity index (χ1n) is 10.3. The summed E-state index contributed by atoms with van der Waals surface area (Å²) in [6, 6.07) is 17.2. The molecule has 1 aliphatic heterocycles. The van der Waals surface area contributed by atoms with Gasteiger partial charge in [-0.25, -0.2) is 0 Å². The number of benzene rings is 2. The van der Waals surface area contributed by atoms with E-state index in [1.165, 1.54) is 11.3 Å². The highest BCUT2D eigenvalue weighted by Crippen LogP contribution is 2.34. The second-order valence-corrected chi connectivity index (χ2v) is 8.51. The fraction of sp³-hybridized carbons (Fsp3) is 0.304. The van der Waals surface area contributed by atoms with Gasteiger partial charge in [0.05, 0.1) is 0 Å². The Morgan fingerprint density at radius 3 is 2.65 bits per heavy atom. The first-order chi connectivity index (χ1) is 15.0. The minimum atomic E-state index is -0.625. The van der Waals surface area contributed by atoms with Crippen LogP contribution in [-0.4, -0.2) is 34.7 Å². The number of nitrogens with one attached hydrogen (secondary N) is 1. The van der Waals surface area contributed by atoms with E-state index in [9.17, 15) is 9.59 Å². The number of amides is 2. The van der Waals surface area contributed by atoms with Crippen LogP contribution in [0, 0.1) is 6.92 Å². The molecule has 8 heteroatoms. The number of nitrogens with zero attached hydrogens (tertiary/aromatic N) is 3. The maximum atomic E-state index is 12.6. The Morgan fingerprint density at radius 1 is 1.19 bits per heavy atom. The number of anilines is 2. The Kier molecular flexibility index (Phi) is 6.27. The van der Waals surface area contributed by atoms with Gasteiger partial charge in [-0.1, -0.05) is 54.2 Å². The maximum Gasteiger partial charge on any atom is 0.267 e. The van der Waals surface area contributed by atoms with Gasteiger partial charge in [0, 0.05) is 24.6 Å². The third-order valence-corrected chi connectivity index (χ3v) is 6.18. The van der Waals surface area contributed by atoms with Crippen molar-refractivity contribution in [1.29, 1.82) is 0 Å². The van der Waals surface area contributed by atoms with Gasteiger partial charge in [-0.05, 0) is 37.6 Å². The topological polar surface area (TPSA) is 84.4 Å². The molecule has 0 saturated carbocycles. The van der Waals surface area contributed by atoms with Crippen LogP contribution in [0.1, 0.15) is 36.3 Å². The van der Waals surface area contributed by atoms with Gasteiger partial charge in [0.2, 0.25) is 11.0 Å². The highest BCUT2D eigenvalue weighted by molar-refractivity contribution is 7.15. The molecule has 0 spiro atoms. The number of ether oxygens (including phenoxy) is 1. The molecule has 2 heterocycles. The number of aromatic nitrogens is 2. The minimum Gasteiger partial charge on any atom is -0.481 e. The number of hydrogen-bond donors (Lipinski definition) is 1. The van der Waals surface area contributed by atoms with Crippen LogP contribution in [0.3, 0.4) is 0 Å². The van der Waals surface area contributed by atoms with Crippen molar-refractivity contribution in [2.24, 2.45) is 0 Å². The van der Waals surface area contributed by atoms with Crippen LogP contribution < -0.4 is 15.0 Å². The van der Waals surface area contributed by atoms with Gasteiger partial charge >= 0.3 is 0 Å². The van der Waals surface area contributed by atoms with Gasteiger partial charge in [0.25, 0.3) is 5.91 Å². The van der Waals surface area contributed by atoms with Crippen molar-refractivity contribution >= 4 is 34.0 Å². The molecule has 160 valence electrons. The smallest absolute Gasteiger partial charge is 0.267 e. The summed E-state index contributed by atoms with van der Waals surface area (Å²) in [6.07, 6.45) is 0.278. The largest absolute Gasteiger partial charge is 0.481 e. The van der Waals surface area contributed by atoms with Gasteiger partial charge in [-0.3, -0.25) is 14.9 Å². The molecule has 0 bridgehead atoms. The van der Waals surface area contributed by atoms with Gasteiger partial charge in [-0.15, -0.1) is 10.2 Å². The highest BCUT2D eigenvalue weighted by Gasteiger charge is 2.34. The molecule has 3 aromatic rings. The maximum absolute atomic E-state index is 12.6. The molecule has 1 aromatic heterocycles. The Labute approximate surface area is 185 Å². The molecular weight excluding hydrogens is 412 g/mol. The number of aryl methyl sites for hydroxylation is 1. The monoisotopic (exact) mass is 436 g/mol. The van der Waals surface area contributed by atoms with E-state index in [-0.39, 0.29) is 17.7 Å². The summed E-state index contributed by atoms with van der Waals surface area (Å²) < 4.78 is 5.78. The molecule has 2 unspecified atom stereocenters. The summed E-state index contributed by atoms with van der Waals surface area (Å²) in [5.74, 6) is 0.400. The summed E-state index contributed by atoms with van der Waals surface area (Å²) >= 11 is 1.31.